The van der Waals surface area contributed by atoms with Gasteiger partial charge in [0.1, 0.15) is 0 Å². The smallest absolute Gasteiger partial charge is 0.251 e. The van der Waals surface area contributed by atoms with Gasteiger partial charge in [0.25, 0.3) is 5.91 Å². The molecule has 190 valence electrons. The lowest BCUT2D eigenvalue weighted by Gasteiger charge is -2.27. The van der Waals surface area contributed by atoms with Crippen LogP contribution in [0.1, 0.15) is 74.7 Å². The Balaban J connectivity index is 1.57. The minimum absolute atomic E-state index is 0.000565. The van der Waals surface area contributed by atoms with Crippen LogP contribution in [0.25, 0.3) is 0 Å². The highest BCUT2D eigenvalue weighted by Gasteiger charge is 2.40. The van der Waals surface area contributed by atoms with Crippen molar-refractivity contribution in [3.63, 3.8) is 0 Å². The number of hydrogen-bond donors (Lipinski definition) is 3. The fourth-order valence-corrected chi connectivity index (χ4v) is 6.17. The number of sulfone groups is 1. The molecule has 3 rings (SSSR count). The second-order valence-electron chi connectivity index (χ2n) is 10.9. The summed E-state index contributed by atoms with van der Waals surface area (Å²) in [6, 6.07) is 4.74. The predicted octanol–water partition coefficient (Wildman–Crippen LogP) is 3.24. The van der Waals surface area contributed by atoms with Gasteiger partial charge in [-0.1, -0.05) is 26.7 Å². The Morgan fingerprint density at radius 1 is 1.12 bits per heavy atom. The SMILES string of the molecule is Cc1cc(C(=O)NCC(O)CC(CCC(C)C)C(=O)NC2CC3CCC2C3)cc(S(C)(=O)=O)c1. The third kappa shape index (κ3) is 7.28. The van der Waals surface area contributed by atoms with Gasteiger partial charge in [-0.05, 0) is 80.5 Å². The molecule has 2 bridgehead atoms. The number of aliphatic hydroxyl groups excluding tert-OH is 1. The summed E-state index contributed by atoms with van der Waals surface area (Å²) in [5.74, 6) is 1.06. The molecule has 0 spiro atoms. The van der Waals surface area contributed by atoms with Crippen LogP contribution in [0.5, 0.6) is 0 Å². The van der Waals surface area contributed by atoms with Crippen molar-refractivity contribution < 1.29 is 23.1 Å². The van der Waals surface area contributed by atoms with E-state index in [4.69, 9.17) is 0 Å². The molecule has 8 heteroatoms. The monoisotopic (exact) mass is 492 g/mol. The van der Waals surface area contributed by atoms with Gasteiger partial charge in [-0.25, -0.2) is 8.42 Å². The number of rotatable bonds is 11. The third-order valence-electron chi connectivity index (χ3n) is 7.33. The Morgan fingerprint density at radius 3 is 2.44 bits per heavy atom. The van der Waals surface area contributed by atoms with Crippen molar-refractivity contribution >= 4 is 21.7 Å². The Morgan fingerprint density at radius 2 is 1.85 bits per heavy atom. The van der Waals surface area contributed by atoms with E-state index in [1.807, 2.05) is 0 Å². The molecular weight excluding hydrogens is 452 g/mol. The molecule has 5 atom stereocenters. The van der Waals surface area contributed by atoms with Crippen LogP contribution < -0.4 is 10.6 Å². The molecule has 0 radical (unpaired) electrons. The summed E-state index contributed by atoms with van der Waals surface area (Å²) in [6.45, 7) is 5.97. The molecule has 2 amide bonds. The number of nitrogens with one attached hydrogen (secondary N) is 2. The van der Waals surface area contributed by atoms with Crippen molar-refractivity contribution in [1.29, 1.82) is 0 Å². The highest BCUT2D eigenvalue weighted by molar-refractivity contribution is 7.90. The van der Waals surface area contributed by atoms with E-state index in [2.05, 4.69) is 24.5 Å². The summed E-state index contributed by atoms with van der Waals surface area (Å²) in [7, 11) is -3.44. The molecular formula is C26H40N2O5S. The first-order valence-corrected chi connectivity index (χ1v) is 14.4. The Kier molecular flexibility index (Phi) is 8.79. The first-order chi connectivity index (χ1) is 15.9. The lowest BCUT2D eigenvalue weighted by Crippen LogP contribution is -2.43. The van der Waals surface area contributed by atoms with E-state index in [0.29, 0.717) is 23.8 Å². The summed E-state index contributed by atoms with van der Waals surface area (Å²) in [6.07, 6.45) is 6.87. The molecule has 0 aromatic heterocycles. The van der Waals surface area contributed by atoms with Crippen LogP contribution in [0.3, 0.4) is 0 Å². The van der Waals surface area contributed by atoms with Crippen LogP contribution in [0.4, 0.5) is 0 Å². The number of amides is 2. The van der Waals surface area contributed by atoms with Crippen LogP contribution in [0.2, 0.25) is 0 Å². The lowest BCUT2D eigenvalue weighted by molar-refractivity contribution is -0.127. The minimum atomic E-state index is -3.44. The quantitative estimate of drug-likeness (QED) is 0.439. The van der Waals surface area contributed by atoms with Crippen molar-refractivity contribution in [1.82, 2.24) is 10.6 Å². The summed E-state index contributed by atoms with van der Waals surface area (Å²) in [4.78, 5) is 25.8. The predicted molar refractivity (Wildman–Crippen MR) is 132 cm³/mol. The Bertz CT molecular complexity index is 991. The first kappa shape index (κ1) is 26.7. The van der Waals surface area contributed by atoms with E-state index in [1.54, 1.807) is 13.0 Å². The number of benzene rings is 1. The van der Waals surface area contributed by atoms with Crippen LogP contribution in [-0.2, 0) is 14.6 Å². The van der Waals surface area contributed by atoms with Gasteiger partial charge >= 0.3 is 0 Å². The second kappa shape index (κ2) is 11.2. The molecule has 7 nitrogen and oxygen atoms in total. The highest BCUT2D eigenvalue weighted by atomic mass is 32.2. The summed E-state index contributed by atoms with van der Waals surface area (Å²) in [5.41, 5.74) is 0.901. The molecule has 0 aliphatic heterocycles. The largest absolute Gasteiger partial charge is 0.391 e. The van der Waals surface area contributed by atoms with Crippen molar-refractivity contribution in [2.24, 2.45) is 23.7 Å². The highest BCUT2D eigenvalue weighted by Crippen LogP contribution is 2.44. The topological polar surface area (TPSA) is 113 Å². The van der Waals surface area contributed by atoms with Gasteiger partial charge in [0.05, 0.1) is 11.0 Å². The Labute approximate surface area is 204 Å². The Hall–Kier alpha value is -1.93. The minimum Gasteiger partial charge on any atom is -0.391 e. The average Bonchev–Trinajstić information content (AvgIpc) is 3.37. The zero-order chi connectivity index (χ0) is 25.0. The standard InChI is InChI=1S/C26H40N2O5S/c1-16(2)5-7-20(26(31)28-24-12-18-6-8-19(24)11-18)13-22(29)15-27-25(30)21-9-17(3)10-23(14-21)34(4,32)33/h9-10,14,16,18-20,22,24,29H,5-8,11-13,15H2,1-4H3,(H,27,30)(H,28,31). The molecule has 1 aromatic carbocycles. The summed E-state index contributed by atoms with van der Waals surface area (Å²) in [5, 5.41) is 16.6. The molecule has 2 aliphatic rings. The third-order valence-corrected chi connectivity index (χ3v) is 8.42. The maximum absolute atomic E-state index is 13.1. The zero-order valence-electron chi connectivity index (χ0n) is 20.8. The van der Waals surface area contributed by atoms with Crippen molar-refractivity contribution in [3.05, 3.63) is 29.3 Å². The van der Waals surface area contributed by atoms with Gasteiger partial charge in [-0.3, -0.25) is 9.59 Å². The fourth-order valence-electron chi connectivity index (χ4n) is 5.43. The lowest BCUT2D eigenvalue weighted by atomic mass is 9.90. The molecule has 34 heavy (non-hydrogen) atoms. The van der Waals surface area contributed by atoms with E-state index in [0.717, 1.165) is 25.0 Å². The number of carbonyl (C=O) groups excluding carboxylic acids is 2. The second-order valence-corrected chi connectivity index (χ2v) is 12.9. The molecule has 1 aromatic rings. The van der Waals surface area contributed by atoms with Gasteiger partial charge in [0.2, 0.25) is 5.91 Å². The number of carbonyl (C=O) groups is 2. The molecule has 2 saturated carbocycles. The van der Waals surface area contributed by atoms with Gasteiger partial charge in [0, 0.05) is 30.3 Å². The van der Waals surface area contributed by atoms with Crippen LogP contribution in [-0.4, -0.2) is 50.3 Å². The number of aliphatic hydroxyl groups is 1. The maximum Gasteiger partial charge on any atom is 0.251 e. The molecule has 5 unspecified atom stereocenters. The normalized spacial score (nSPS) is 23.6. The van der Waals surface area contributed by atoms with Crippen molar-refractivity contribution in [2.45, 2.75) is 82.8 Å². The fraction of sp³-hybridized carbons (Fsp3) is 0.692. The van der Waals surface area contributed by atoms with E-state index < -0.39 is 21.8 Å². The van der Waals surface area contributed by atoms with Crippen LogP contribution >= 0.6 is 0 Å². The van der Waals surface area contributed by atoms with Gasteiger partial charge in [-0.2, -0.15) is 0 Å². The van der Waals surface area contributed by atoms with E-state index in [1.165, 1.54) is 31.4 Å². The average molecular weight is 493 g/mol. The summed E-state index contributed by atoms with van der Waals surface area (Å²) >= 11 is 0. The number of hydrogen-bond acceptors (Lipinski definition) is 5. The molecule has 0 heterocycles. The van der Waals surface area contributed by atoms with Gasteiger partial charge in [0.15, 0.2) is 9.84 Å². The van der Waals surface area contributed by atoms with Gasteiger partial charge < -0.3 is 15.7 Å². The molecule has 3 N–H and O–H groups in total. The number of aryl methyl sites for hydroxylation is 1. The van der Waals surface area contributed by atoms with Crippen LogP contribution in [0, 0.1) is 30.6 Å². The van der Waals surface area contributed by atoms with Crippen LogP contribution in [0.15, 0.2) is 23.1 Å². The molecule has 2 aliphatic carbocycles. The van der Waals surface area contributed by atoms with E-state index in [9.17, 15) is 23.1 Å². The van der Waals surface area contributed by atoms with Crippen molar-refractivity contribution in [2.75, 3.05) is 12.8 Å². The zero-order valence-corrected chi connectivity index (χ0v) is 21.7. The first-order valence-electron chi connectivity index (χ1n) is 12.5. The summed E-state index contributed by atoms with van der Waals surface area (Å²) < 4.78 is 23.8. The van der Waals surface area contributed by atoms with E-state index in [-0.39, 0.29) is 41.3 Å². The van der Waals surface area contributed by atoms with Crippen molar-refractivity contribution in [3.8, 4) is 0 Å². The van der Waals surface area contributed by atoms with E-state index >= 15 is 0 Å². The number of fused-ring (bicyclic) bond motifs is 2. The molecule has 0 saturated heterocycles. The molecule has 2 fully saturated rings. The maximum atomic E-state index is 13.1. The van der Waals surface area contributed by atoms with Gasteiger partial charge in [-0.15, -0.1) is 0 Å².